The fourth-order valence-electron chi connectivity index (χ4n) is 3.18. The van der Waals surface area contributed by atoms with Crippen molar-refractivity contribution in [2.24, 2.45) is 0 Å². The third kappa shape index (κ3) is 6.09. The topological polar surface area (TPSA) is 62.2 Å². The van der Waals surface area contributed by atoms with E-state index in [0.717, 1.165) is 49.0 Å². The summed E-state index contributed by atoms with van der Waals surface area (Å²) in [6.07, 6.45) is 2.68. The fraction of sp³-hybridized carbons (Fsp3) is 0.444. The standard InChI is InChI=1S/C18H24ClN5O.2ClH/c1-2-10-24-17(7-8-21-24)22-18(25)13-23-11-9-20-12-16(23)14-5-3-4-6-15(14)19;;/h3-8,16,20H,2,9-13H2,1H3,(H,22,25);2*1H. The van der Waals surface area contributed by atoms with Crippen LogP contribution in [0.4, 0.5) is 5.82 Å². The number of hydrogen-bond acceptors (Lipinski definition) is 4. The summed E-state index contributed by atoms with van der Waals surface area (Å²) in [4.78, 5) is 14.7. The summed E-state index contributed by atoms with van der Waals surface area (Å²) >= 11 is 6.36. The van der Waals surface area contributed by atoms with Crippen LogP contribution in [0.1, 0.15) is 24.9 Å². The maximum atomic E-state index is 12.5. The van der Waals surface area contributed by atoms with Gasteiger partial charge in [-0.15, -0.1) is 24.8 Å². The summed E-state index contributed by atoms with van der Waals surface area (Å²) in [6, 6.07) is 9.75. The van der Waals surface area contributed by atoms with Gasteiger partial charge in [0.25, 0.3) is 0 Å². The first-order chi connectivity index (χ1) is 12.2. The number of carbonyl (C=O) groups is 1. The maximum Gasteiger partial charge on any atom is 0.239 e. The molecule has 1 unspecified atom stereocenters. The molecule has 1 aliphatic rings. The van der Waals surface area contributed by atoms with Crippen molar-refractivity contribution in [3.63, 3.8) is 0 Å². The molecular weight excluding hydrogens is 409 g/mol. The number of nitrogens with one attached hydrogen (secondary N) is 2. The summed E-state index contributed by atoms with van der Waals surface area (Å²) in [5.41, 5.74) is 1.06. The summed E-state index contributed by atoms with van der Waals surface area (Å²) < 4.78 is 1.82. The number of amides is 1. The Morgan fingerprint density at radius 1 is 1.33 bits per heavy atom. The summed E-state index contributed by atoms with van der Waals surface area (Å²) in [6.45, 7) is 5.65. The molecule has 3 rings (SSSR count). The predicted octanol–water partition coefficient (Wildman–Crippen LogP) is 3.38. The van der Waals surface area contributed by atoms with Gasteiger partial charge in [0.05, 0.1) is 12.7 Å². The van der Waals surface area contributed by atoms with Crippen LogP contribution in [-0.4, -0.2) is 46.8 Å². The van der Waals surface area contributed by atoms with E-state index in [1.807, 2.05) is 35.0 Å². The minimum Gasteiger partial charge on any atom is -0.314 e. The van der Waals surface area contributed by atoms with Crippen LogP contribution in [0.2, 0.25) is 5.02 Å². The molecular formula is C18H26Cl3N5O. The average molecular weight is 435 g/mol. The highest BCUT2D eigenvalue weighted by molar-refractivity contribution is 6.31. The monoisotopic (exact) mass is 433 g/mol. The highest BCUT2D eigenvalue weighted by Crippen LogP contribution is 2.28. The molecule has 1 aromatic carbocycles. The van der Waals surface area contributed by atoms with Gasteiger partial charge in [-0.25, -0.2) is 4.68 Å². The molecule has 1 amide bonds. The molecule has 0 aliphatic carbocycles. The van der Waals surface area contributed by atoms with E-state index in [2.05, 4.69) is 27.6 Å². The molecule has 1 atom stereocenters. The molecule has 0 spiro atoms. The molecule has 9 heteroatoms. The Labute approximate surface area is 177 Å². The van der Waals surface area contributed by atoms with Gasteiger partial charge in [-0.2, -0.15) is 5.10 Å². The summed E-state index contributed by atoms with van der Waals surface area (Å²) in [5.74, 6) is 0.716. The van der Waals surface area contributed by atoms with E-state index in [1.165, 1.54) is 0 Å². The lowest BCUT2D eigenvalue weighted by Gasteiger charge is -2.36. The van der Waals surface area contributed by atoms with Gasteiger partial charge >= 0.3 is 0 Å². The quantitative estimate of drug-likeness (QED) is 0.732. The SMILES string of the molecule is CCCn1nccc1NC(=O)CN1CCNCC1c1ccccc1Cl.Cl.Cl. The van der Waals surface area contributed by atoms with Gasteiger partial charge in [-0.1, -0.05) is 36.7 Å². The Morgan fingerprint density at radius 3 is 2.85 bits per heavy atom. The number of nitrogens with zero attached hydrogens (tertiary/aromatic N) is 3. The molecule has 1 saturated heterocycles. The third-order valence-electron chi connectivity index (χ3n) is 4.38. The first-order valence-corrected chi connectivity index (χ1v) is 9.07. The fourth-order valence-corrected chi connectivity index (χ4v) is 3.44. The normalized spacial score (nSPS) is 16.9. The van der Waals surface area contributed by atoms with Crippen LogP contribution in [0.25, 0.3) is 0 Å². The Bertz CT molecular complexity index is 725. The van der Waals surface area contributed by atoms with Gasteiger partial charge in [0.1, 0.15) is 5.82 Å². The number of aryl methyl sites for hydroxylation is 1. The van der Waals surface area contributed by atoms with E-state index in [0.29, 0.717) is 6.54 Å². The highest BCUT2D eigenvalue weighted by atomic mass is 35.5. The molecule has 1 aliphatic heterocycles. The van der Waals surface area contributed by atoms with E-state index < -0.39 is 0 Å². The Kier molecular flexibility index (Phi) is 10.1. The lowest BCUT2D eigenvalue weighted by molar-refractivity contribution is -0.118. The largest absolute Gasteiger partial charge is 0.314 e. The second-order valence-electron chi connectivity index (χ2n) is 6.20. The first-order valence-electron chi connectivity index (χ1n) is 8.70. The van der Waals surface area contributed by atoms with Gasteiger partial charge in [-0.05, 0) is 18.1 Å². The number of halogens is 3. The van der Waals surface area contributed by atoms with Gasteiger partial charge in [0, 0.05) is 43.3 Å². The first kappa shape index (κ1) is 23.7. The van der Waals surface area contributed by atoms with Crippen LogP contribution in [-0.2, 0) is 11.3 Å². The predicted molar refractivity (Wildman–Crippen MR) is 114 cm³/mol. The molecule has 27 heavy (non-hydrogen) atoms. The molecule has 0 radical (unpaired) electrons. The summed E-state index contributed by atoms with van der Waals surface area (Å²) in [7, 11) is 0. The van der Waals surface area contributed by atoms with E-state index in [4.69, 9.17) is 11.6 Å². The van der Waals surface area contributed by atoms with Crippen molar-refractivity contribution >= 4 is 48.1 Å². The molecule has 2 heterocycles. The molecule has 0 bridgehead atoms. The van der Waals surface area contributed by atoms with Crippen LogP contribution >= 0.6 is 36.4 Å². The number of hydrogen-bond donors (Lipinski definition) is 2. The minimum atomic E-state index is -0.0307. The van der Waals surface area contributed by atoms with Crippen molar-refractivity contribution < 1.29 is 4.79 Å². The van der Waals surface area contributed by atoms with Gasteiger partial charge in [0.2, 0.25) is 5.91 Å². The maximum absolute atomic E-state index is 12.5. The van der Waals surface area contributed by atoms with Crippen LogP contribution in [0.15, 0.2) is 36.5 Å². The second-order valence-corrected chi connectivity index (χ2v) is 6.61. The molecule has 0 saturated carbocycles. The van der Waals surface area contributed by atoms with E-state index >= 15 is 0 Å². The third-order valence-corrected chi connectivity index (χ3v) is 4.73. The van der Waals surface area contributed by atoms with Crippen molar-refractivity contribution in [1.29, 1.82) is 0 Å². The zero-order chi connectivity index (χ0) is 17.6. The number of piperazine rings is 1. The number of rotatable bonds is 6. The van der Waals surface area contributed by atoms with Crippen LogP contribution in [0.3, 0.4) is 0 Å². The number of benzene rings is 1. The molecule has 2 N–H and O–H groups in total. The highest BCUT2D eigenvalue weighted by Gasteiger charge is 2.27. The molecule has 150 valence electrons. The Hall–Kier alpha value is -1.31. The van der Waals surface area contributed by atoms with E-state index in [1.54, 1.807) is 6.20 Å². The smallest absolute Gasteiger partial charge is 0.239 e. The molecule has 1 fully saturated rings. The van der Waals surface area contributed by atoms with Crippen molar-refractivity contribution in [3.05, 3.63) is 47.1 Å². The number of anilines is 1. The van der Waals surface area contributed by atoms with Crippen molar-refractivity contribution in [2.45, 2.75) is 25.9 Å². The van der Waals surface area contributed by atoms with Crippen LogP contribution in [0, 0.1) is 0 Å². The van der Waals surface area contributed by atoms with Crippen LogP contribution in [0.5, 0.6) is 0 Å². The lowest BCUT2D eigenvalue weighted by atomic mass is 10.0. The zero-order valence-corrected chi connectivity index (χ0v) is 17.6. The van der Waals surface area contributed by atoms with Gasteiger partial charge in [-0.3, -0.25) is 9.69 Å². The molecule has 6 nitrogen and oxygen atoms in total. The summed E-state index contributed by atoms with van der Waals surface area (Å²) in [5, 5.41) is 11.3. The average Bonchev–Trinajstić information content (AvgIpc) is 3.03. The van der Waals surface area contributed by atoms with Crippen molar-refractivity contribution in [1.82, 2.24) is 20.0 Å². The second kappa shape index (κ2) is 11.5. The lowest BCUT2D eigenvalue weighted by Crippen LogP contribution is -2.48. The van der Waals surface area contributed by atoms with Crippen LogP contribution < -0.4 is 10.6 Å². The van der Waals surface area contributed by atoms with Crippen molar-refractivity contribution in [3.8, 4) is 0 Å². The van der Waals surface area contributed by atoms with E-state index in [-0.39, 0.29) is 36.8 Å². The molecule has 2 aromatic rings. The van der Waals surface area contributed by atoms with Gasteiger partial charge in [0.15, 0.2) is 0 Å². The van der Waals surface area contributed by atoms with Crippen molar-refractivity contribution in [2.75, 3.05) is 31.5 Å². The Balaban J connectivity index is 0.00000182. The minimum absolute atomic E-state index is 0. The zero-order valence-electron chi connectivity index (χ0n) is 15.2. The molecule has 1 aromatic heterocycles. The van der Waals surface area contributed by atoms with E-state index in [9.17, 15) is 4.79 Å². The number of aromatic nitrogens is 2. The van der Waals surface area contributed by atoms with Gasteiger partial charge < -0.3 is 10.6 Å². The Morgan fingerprint density at radius 2 is 2.11 bits per heavy atom. The number of carbonyl (C=O) groups excluding carboxylic acids is 1.